The molecular formula is C14H14F3N3O2. The van der Waals surface area contributed by atoms with E-state index in [2.05, 4.69) is 10.4 Å². The van der Waals surface area contributed by atoms with Crippen LogP contribution in [0.1, 0.15) is 18.1 Å². The number of carbonyl (C=O) groups is 1. The zero-order valence-corrected chi connectivity index (χ0v) is 11.4. The largest absolute Gasteiger partial charge is 0.388 e. The van der Waals surface area contributed by atoms with Gasteiger partial charge >= 0.3 is 0 Å². The van der Waals surface area contributed by atoms with E-state index in [0.717, 1.165) is 10.7 Å². The number of halogens is 3. The molecule has 0 aliphatic carbocycles. The zero-order valence-electron chi connectivity index (χ0n) is 11.4. The first kappa shape index (κ1) is 16.0. The Kier molecular flexibility index (Phi) is 5.16. The first-order valence-corrected chi connectivity index (χ1v) is 6.48. The molecule has 1 aromatic heterocycles. The van der Waals surface area contributed by atoms with Crippen LogP contribution in [0.15, 0.2) is 36.7 Å². The van der Waals surface area contributed by atoms with Gasteiger partial charge in [0, 0.05) is 6.20 Å². The van der Waals surface area contributed by atoms with Crippen molar-refractivity contribution in [2.24, 2.45) is 0 Å². The van der Waals surface area contributed by atoms with Crippen molar-refractivity contribution in [1.82, 2.24) is 9.78 Å². The van der Waals surface area contributed by atoms with Gasteiger partial charge in [0.15, 0.2) is 0 Å². The lowest BCUT2D eigenvalue weighted by molar-refractivity contribution is -0.118. The summed E-state index contributed by atoms with van der Waals surface area (Å²) in [5.41, 5.74) is 0.528. The van der Waals surface area contributed by atoms with Gasteiger partial charge in [-0.25, -0.2) is 13.2 Å². The van der Waals surface area contributed by atoms with E-state index in [1.807, 2.05) is 0 Å². The maximum Gasteiger partial charge on any atom is 0.257 e. The maximum atomic E-state index is 13.0. The van der Waals surface area contributed by atoms with Gasteiger partial charge in [0.2, 0.25) is 5.91 Å². The Morgan fingerprint density at radius 3 is 2.86 bits per heavy atom. The Bertz CT molecular complexity index is 646. The highest BCUT2D eigenvalue weighted by molar-refractivity contribution is 5.90. The zero-order chi connectivity index (χ0) is 16.1. The van der Waals surface area contributed by atoms with Crippen molar-refractivity contribution in [1.29, 1.82) is 0 Å². The topological polar surface area (TPSA) is 67.2 Å². The van der Waals surface area contributed by atoms with E-state index in [0.29, 0.717) is 0 Å². The highest BCUT2D eigenvalue weighted by Gasteiger charge is 2.14. The molecule has 0 saturated carbocycles. The number of hydrogen-bond acceptors (Lipinski definition) is 3. The summed E-state index contributed by atoms with van der Waals surface area (Å²) in [5, 5.41) is 16.0. The quantitative estimate of drug-likeness (QED) is 0.860. The number of hydrogen-bond donors (Lipinski definition) is 2. The minimum absolute atomic E-state index is 0.247. The summed E-state index contributed by atoms with van der Waals surface area (Å²) >= 11 is 0. The number of aliphatic hydroxyl groups excluding tert-OH is 1. The Morgan fingerprint density at radius 1 is 1.41 bits per heavy atom. The molecule has 118 valence electrons. The lowest BCUT2D eigenvalue weighted by atomic mass is 10.1. The first-order chi connectivity index (χ1) is 10.4. The predicted octanol–water partition coefficient (Wildman–Crippen LogP) is 2.35. The van der Waals surface area contributed by atoms with Crippen LogP contribution in [-0.4, -0.2) is 27.2 Å². The molecule has 2 aromatic rings. The summed E-state index contributed by atoms with van der Waals surface area (Å²) in [6.07, 6.45) is -1.50. The van der Waals surface area contributed by atoms with Crippen LogP contribution in [-0.2, 0) is 11.3 Å². The smallest absolute Gasteiger partial charge is 0.257 e. The Hall–Kier alpha value is -2.35. The van der Waals surface area contributed by atoms with Gasteiger partial charge in [-0.1, -0.05) is 12.1 Å². The van der Waals surface area contributed by atoms with Gasteiger partial charge in [0.1, 0.15) is 12.4 Å². The van der Waals surface area contributed by atoms with Crippen LogP contribution in [0.3, 0.4) is 0 Å². The molecule has 0 aliphatic rings. The number of amides is 1. The van der Waals surface area contributed by atoms with E-state index >= 15 is 0 Å². The molecule has 5 nitrogen and oxygen atoms in total. The molecule has 8 heteroatoms. The van der Waals surface area contributed by atoms with Gasteiger partial charge in [0.05, 0.1) is 24.4 Å². The highest BCUT2D eigenvalue weighted by atomic mass is 19.3. The third kappa shape index (κ3) is 4.59. The third-order valence-corrected chi connectivity index (χ3v) is 2.85. The van der Waals surface area contributed by atoms with Crippen molar-refractivity contribution in [3.8, 4) is 0 Å². The van der Waals surface area contributed by atoms with Gasteiger partial charge < -0.3 is 10.4 Å². The lowest BCUT2D eigenvalue weighted by Crippen LogP contribution is -2.15. The summed E-state index contributed by atoms with van der Waals surface area (Å²) in [6, 6.07) is 5.30. The fraction of sp³-hybridized carbons (Fsp3) is 0.286. The minimum atomic E-state index is -2.54. The number of alkyl halides is 2. The number of rotatable bonds is 6. The molecule has 1 unspecified atom stereocenters. The van der Waals surface area contributed by atoms with E-state index in [4.69, 9.17) is 0 Å². The molecule has 2 rings (SSSR count). The van der Waals surface area contributed by atoms with Crippen molar-refractivity contribution in [3.63, 3.8) is 0 Å². The van der Waals surface area contributed by atoms with Crippen molar-refractivity contribution >= 4 is 11.6 Å². The Morgan fingerprint density at radius 2 is 2.18 bits per heavy atom. The molecule has 1 aromatic carbocycles. The van der Waals surface area contributed by atoms with Crippen LogP contribution >= 0.6 is 0 Å². The van der Waals surface area contributed by atoms with E-state index < -0.39 is 30.8 Å². The summed E-state index contributed by atoms with van der Waals surface area (Å²) < 4.78 is 38.4. The third-order valence-electron chi connectivity index (χ3n) is 2.85. The van der Waals surface area contributed by atoms with Crippen LogP contribution in [0.2, 0.25) is 0 Å². The second-order valence-corrected chi connectivity index (χ2v) is 4.67. The second-order valence-electron chi connectivity index (χ2n) is 4.67. The van der Waals surface area contributed by atoms with Crippen molar-refractivity contribution in [3.05, 3.63) is 48.0 Å². The van der Waals surface area contributed by atoms with E-state index in [1.165, 1.54) is 30.6 Å². The fourth-order valence-corrected chi connectivity index (χ4v) is 1.89. The molecule has 1 atom stereocenters. The van der Waals surface area contributed by atoms with Crippen molar-refractivity contribution in [2.45, 2.75) is 25.5 Å². The predicted molar refractivity (Wildman–Crippen MR) is 72.8 cm³/mol. The van der Waals surface area contributed by atoms with Crippen LogP contribution < -0.4 is 5.32 Å². The van der Waals surface area contributed by atoms with Gasteiger partial charge in [-0.15, -0.1) is 0 Å². The summed E-state index contributed by atoms with van der Waals surface area (Å²) in [7, 11) is 0. The molecule has 0 saturated heterocycles. The molecule has 0 fully saturated rings. The van der Waals surface area contributed by atoms with Gasteiger partial charge in [-0.3, -0.25) is 9.48 Å². The van der Waals surface area contributed by atoms with Crippen molar-refractivity contribution in [2.75, 3.05) is 5.32 Å². The molecular weight excluding hydrogens is 299 g/mol. The second kappa shape index (κ2) is 7.08. The average molecular weight is 313 g/mol. The van der Waals surface area contributed by atoms with Gasteiger partial charge in [-0.05, 0) is 17.7 Å². The molecule has 0 bridgehead atoms. The summed E-state index contributed by atoms with van der Waals surface area (Å²) in [5.74, 6) is -1.04. The maximum absolute atomic E-state index is 13.0. The van der Waals surface area contributed by atoms with Crippen LogP contribution in [0.5, 0.6) is 0 Å². The SMILES string of the molecule is O=C(CC(O)c1cccc(F)c1)Nc1cnn(CC(F)F)c1. The molecule has 1 amide bonds. The number of carbonyl (C=O) groups excluding carboxylic acids is 1. The standard InChI is InChI=1S/C14H14F3N3O2/c15-10-3-1-2-9(4-10)12(21)5-14(22)19-11-6-18-20(7-11)8-13(16)17/h1-4,6-7,12-13,21H,5,8H2,(H,19,22). The molecule has 0 aliphatic heterocycles. The Labute approximate surface area is 124 Å². The number of benzene rings is 1. The molecule has 0 radical (unpaired) electrons. The number of aromatic nitrogens is 2. The highest BCUT2D eigenvalue weighted by Crippen LogP contribution is 2.18. The summed E-state index contributed by atoms with van der Waals surface area (Å²) in [6.45, 7) is -0.568. The number of aliphatic hydroxyl groups is 1. The number of nitrogens with zero attached hydrogens (tertiary/aromatic N) is 2. The summed E-state index contributed by atoms with van der Waals surface area (Å²) in [4.78, 5) is 11.8. The number of anilines is 1. The average Bonchev–Trinajstić information content (AvgIpc) is 2.84. The van der Waals surface area contributed by atoms with Crippen LogP contribution in [0.25, 0.3) is 0 Å². The van der Waals surface area contributed by atoms with Crippen molar-refractivity contribution < 1.29 is 23.1 Å². The normalized spacial score (nSPS) is 12.4. The lowest BCUT2D eigenvalue weighted by Gasteiger charge is -2.10. The van der Waals surface area contributed by atoms with E-state index in [1.54, 1.807) is 0 Å². The van der Waals surface area contributed by atoms with Gasteiger partial charge in [-0.2, -0.15) is 5.10 Å². The molecule has 0 spiro atoms. The van der Waals surface area contributed by atoms with Crippen LogP contribution in [0.4, 0.5) is 18.9 Å². The van der Waals surface area contributed by atoms with E-state index in [-0.39, 0.29) is 17.7 Å². The molecule has 1 heterocycles. The first-order valence-electron chi connectivity index (χ1n) is 6.48. The number of nitrogens with one attached hydrogen (secondary N) is 1. The minimum Gasteiger partial charge on any atom is -0.388 e. The van der Waals surface area contributed by atoms with Crippen LogP contribution in [0, 0.1) is 5.82 Å². The molecule has 22 heavy (non-hydrogen) atoms. The van der Waals surface area contributed by atoms with E-state index in [9.17, 15) is 23.1 Å². The van der Waals surface area contributed by atoms with Gasteiger partial charge in [0.25, 0.3) is 6.43 Å². The fourth-order valence-electron chi connectivity index (χ4n) is 1.89. The Balaban J connectivity index is 1.91. The molecule has 2 N–H and O–H groups in total. The monoisotopic (exact) mass is 313 g/mol.